The number of aromatic carboxylic acids is 1. The molecule has 0 radical (unpaired) electrons. The van der Waals surface area contributed by atoms with E-state index in [9.17, 15) is 4.79 Å². The van der Waals surface area contributed by atoms with Crippen LogP contribution in [-0.4, -0.2) is 11.1 Å². The fraction of sp³-hybridized carbons (Fsp3) is 0.136. The summed E-state index contributed by atoms with van der Waals surface area (Å²) in [6.45, 7) is 2.11. The molecule has 3 rings (SSSR count). The van der Waals surface area contributed by atoms with Gasteiger partial charge in [-0.05, 0) is 41.8 Å². The van der Waals surface area contributed by atoms with E-state index < -0.39 is 5.97 Å². The zero-order valence-corrected chi connectivity index (χ0v) is 16.0. The van der Waals surface area contributed by atoms with Crippen molar-refractivity contribution in [1.29, 1.82) is 0 Å². The normalized spacial score (nSPS) is 10.7. The second-order valence-electron chi connectivity index (χ2n) is 6.18. The van der Waals surface area contributed by atoms with Crippen molar-refractivity contribution in [2.24, 2.45) is 0 Å². The van der Waals surface area contributed by atoms with Crippen molar-refractivity contribution in [1.82, 2.24) is 0 Å². The molecule has 0 fully saturated rings. The molecule has 132 valence electrons. The minimum Gasteiger partial charge on any atom is -0.478 e. The summed E-state index contributed by atoms with van der Waals surface area (Å²) in [5, 5.41) is 9.67. The summed E-state index contributed by atoms with van der Waals surface area (Å²) in [6, 6.07) is 21.4. The third-order valence-corrected chi connectivity index (χ3v) is 5.48. The number of thioether (sulfide) groups is 1. The molecule has 4 heteroatoms. The summed E-state index contributed by atoms with van der Waals surface area (Å²) in [5.41, 5.74) is 5.89. The number of halogens is 1. The second kappa shape index (κ2) is 8.43. The van der Waals surface area contributed by atoms with Crippen LogP contribution in [-0.2, 0) is 11.5 Å². The van der Waals surface area contributed by atoms with Gasteiger partial charge in [0.15, 0.2) is 0 Å². The molecule has 0 aliphatic heterocycles. The molecule has 0 aliphatic carbocycles. The Morgan fingerprint density at radius 2 is 1.65 bits per heavy atom. The molecule has 0 spiro atoms. The number of rotatable bonds is 6. The monoisotopic (exact) mass is 382 g/mol. The number of carbonyl (C=O) groups is 1. The minimum atomic E-state index is -0.927. The van der Waals surface area contributed by atoms with Gasteiger partial charge in [0, 0.05) is 22.1 Å². The van der Waals surface area contributed by atoms with Gasteiger partial charge in [-0.3, -0.25) is 0 Å². The first-order chi connectivity index (χ1) is 12.5. The van der Waals surface area contributed by atoms with Gasteiger partial charge in [0.05, 0.1) is 5.56 Å². The molecular formula is C22H19ClO2S. The highest BCUT2D eigenvalue weighted by Crippen LogP contribution is 2.30. The van der Waals surface area contributed by atoms with Crippen LogP contribution in [0.1, 0.15) is 27.0 Å². The Kier molecular flexibility index (Phi) is 6.02. The molecule has 0 saturated heterocycles. The van der Waals surface area contributed by atoms with Gasteiger partial charge in [0.2, 0.25) is 0 Å². The Labute approximate surface area is 162 Å². The van der Waals surface area contributed by atoms with E-state index >= 15 is 0 Å². The first-order valence-corrected chi connectivity index (χ1v) is 9.81. The molecule has 1 N–H and O–H groups in total. The number of hydrogen-bond donors (Lipinski definition) is 1. The van der Waals surface area contributed by atoms with Gasteiger partial charge in [-0.2, -0.15) is 11.8 Å². The van der Waals surface area contributed by atoms with Gasteiger partial charge in [0.25, 0.3) is 0 Å². The van der Waals surface area contributed by atoms with Crippen molar-refractivity contribution >= 4 is 29.3 Å². The lowest BCUT2D eigenvalue weighted by Gasteiger charge is -2.08. The van der Waals surface area contributed by atoms with Crippen LogP contribution >= 0.6 is 23.4 Å². The molecular weight excluding hydrogens is 364 g/mol. The van der Waals surface area contributed by atoms with Gasteiger partial charge in [-0.25, -0.2) is 4.79 Å². The highest BCUT2D eigenvalue weighted by molar-refractivity contribution is 7.97. The molecule has 2 nitrogen and oxygen atoms in total. The zero-order chi connectivity index (χ0) is 18.5. The lowest BCUT2D eigenvalue weighted by atomic mass is 10.0. The molecule has 0 aliphatic rings. The quantitative estimate of drug-likeness (QED) is 0.532. The number of hydrogen-bond acceptors (Lipinski definition) is 2. The van der Waals surface area contributed by atoms with E-state index in [1.807, 2.05) is 23.9 Å². The van der Waals surface area contributed by atoms with Crippen molar-refractivity contribution in [2.45, 2.75) is 18.4 Å². The Bertz CT molecular complexity index is 920. The van der Waals surface area contributed by atoms with Crippen molar-refractivity contribution in [2.75, 3.05) is 0 Å². The largest absolute Gasteiger partial charge is 0.478 e. The summed E-state index contributed by atoms with van der Waals surface area (Å²) in [6.07, 6.45) is 0. The summed E-state index contributed by atoms with van der Waals surface area (Å²) in [4.78, 5) is 11.0. The van der Waals surface area contributed by atoms with E-state index in [2.05, 4.69) is 37.3 Å². The predicted octanol–water partition coefficient (Wildman–Crippen LogP) is 6.45. The van der Waals surface area contributed by atoms with Crippen LogP contribution in [0.3, 0.4) is 0 Å². The Morgan fingerprint density at radius 3 is 2.27 bits per heavy atom. The Morgan fingerprint density at radius 1 is 0.962 bits per heavy atom. The van der Waals surface area contributed by atoms with Crippen molar-refractivity contribution in [3.8, 4) is 11.1 Å². The van der Waals surface area contributed by atoms with Crippen LogP contribution in [0.2, 0.25) is 5.02 Å². The van der Waals surface area contributed by atoms with E-state index in [1.54, 1.807) is 24.3 Å². The highest BCUT2D eigenvalue weighted by atomic mass is 35.5. The average Bonchev–Trinajstić information content (AvgIpc) is 2.62. The van der Waals surface area contributed by atoms with Crippen molar-refractivity contribution in [3.63, 3.8) is 0 Å². The van der Waals surface area contributed by atoms with E-state index in [-0.39, 0.29) is 5.56 Å². The maximum Gasteiger partial charge on any atom is 0.335 e. The Balaban J connectivity index is 1.66. The number of aryl methyl sites for hydroxylation is 1. The van der Waals surface area contributed by atoms with Crippen LogP contribution in [0, 0.1) is 6.92 Å². The summed E-state index contributed by atoms with van der Waals surface area (Å²) in [7, 11) is 0. The van der Waals surface area contributed by atoms with Gasteiger partial charge in [0.1, 0.15) is 0 Å². The maximum absolute atomic E-state index is 11.0. The van der Waals surface area contributed by atoms with Crippen molar-refractivity contribution < 1.29 is 9.90 Å². The molecule has 3 aromatic carbocycles. The standard InChI is InChI=1S/C22H19ClO2S/c1-15-3-2-4-16(11-15)13-26-14-17-5-10-20(21(23)12-17)18-6-8-19(9-7-18)22(24)25/h2-12H,13-14H2,1H3,(H,24,25). The molecule has 0 aromatic heterocycles. The molecule has 0 amide bonds. The van der Waals surface area contributed by atoms with Gasteiger partial charge in [-0.15, -0.1) is 0 Å². The fourth-order valence-electron chi connectivity index (χ4n) is 2.76. The number of carboxylic acids is 1. The molecule has 0 heterocycles. The molecule has 0 unspecified atom stereocenters. The lowest BCUT2D eigenvalue weighted by Crippen LogP contribution is -1.95. The van der Waals surface area contributed by atoms with Crippen LogP contribution in [0.5, 0.6) is 0 Å². The summed E-state index contributed by atoms with van der Waals surface area (Å²) >= 11 is 8.32. The van der Waals surface area contributed by atoms with Crippen LogP contribution < -0.4 is 0 Å². The van der Waals surface area contributed by atoms with Gasteiger partial charge < -0.3 is 5.11 Å². The first kappa shape index (κ1) is 18.6. The Hall–Kier alpha value is -2.23. The third-order valence-electron chi connectivity index (χ3n) is 4.10. The van der Waals surface area contributed by atoms with E-state index in [1.165, 1.54) is 16.7 Å². The van der Waals surface area contributed by atoms with Crippen molar-refractivity contribution in [3.05, 3.63) is 94.0 Å². The third kappa shape index (κ3) is 4.69. The van der Waals surface area contributed by atoms with Crippen LogP contribution in [0.15, 0.2) is 66.7 Å². The van der Waals surface area contributed by atoms with E-state index in [0.717, 1.165) is 22.6 Å². The molecule has 0 atom stereocenters. The van der Waals surface area contributed by atoms with Crippen LogP contribution in [0.4, 0.5) is 0 Å². The van der Waals surface area contributed by atoms with Gasteiger partial charge >= 0.3 is 5.97 Å². The molecule has 26 heavy (non-hydrogen) atoms. The molecule has 0 bridgehead atoms. The van der Waals surface area contributed by atoms with Gasteiger partial charge in [-0.1, -0.05) is 65.7 Å². The van der Waals surface area contributed by atoms with Crippen LogP contribution in [0.25, 0.3) is 11.1 Å². The van der Waals surface area contributed by atoms with E-state index in [0.29, 0.717) is 5.02 Å². The lowest BCUT2D eigenvalue weighted by molar-refractivity contribution is 0.0697. The average molecular weight is 383 g/mol. The summed E-state index contributed by atoms with van der Waals surface area (Å²) < 4.78 is 0. The number of carboxylic acid groups (broad SMARTS) is 1. The minimum absolute atomic E-state index is 0.272. The van der Waals surface area contributed by atoms with E-state index in [4.69, 9.17) is 16.7 Å². The SMILES string of the molecule is Cc1cccc(CSCc2ccc(-c3ccc(C(=O)O)cc3)c(Cl)c2)c1. The second-order valence-corrected chi connectivity index (χ2v) is 7.57. The molecule has 3 aromatic rings. The predicted molar refractivity (Wildman–Crippen MR) is 110 cm³/mol. The highest BCUT2D eigenvalue weighted by Gasteiger charge is 2.07. The zero-order valence-electron chi connectivity index (χ0n) is 14.4. The molecule has 0 saturated carbocycles. The number of benzene rings is 3. The topological polar surface area (TPSA) is 37.3 Å². The first-order valence-electron chi connectivity index (χ1n) is 8.28. The summed E-state index contributed by atoms with van der Waals surface area (Å²) in [5.74, 6) is 0.937. The fourth-order valence-corrected chi connectivity index (χ4v) is 4.01. The smallest absolute Gasteiger partial charge is 0.335 e. The maximum atomic E-state index is 11.0.